The average molecular weight is 750 g/mol. The van der Waals surface area contributed by atoms with Gasteiger partial charge in [-0.15, -0.1) is 0 Å². The van der Waals surface area contributed by atoms with Gasteiger partial charge in [-0.05, 0) is 36.5 Å². The van der Waals surface area contributed by atoms with E-state index in [2.05, 4.69) is 34.6 Å². The van der Waals surface area contributed by atoms with E-state index < -0.39 is 11.9 Å². The summed E-state index contributed by atoms with van der Waals surface area (Å²) in [5.74, 6) is -2.01. The van der Waals surface area contributed by atoms with Crippen LogP contribution in [0.15, 0.2) is 24.3 Å². The van der Waals surface area contributed by atoms with Crippen LogP contribution in [0.1, 0.15) is 211 Å². The third kappa shape index (κ3) is 47.4. The van der Waals surface area contributed by atoms with Crippen molar-refractivity contribution in [1.82, 2.24) is 0 Å². The van der Waals surface area contributed by atoms with Gasteiger partial charge in [-0.25, -0.2) is 0 Å². The Morgan fingerprint density at radius 3 is 1.13 bits per heavy atom. The van der Waals surface area contributed by atoms with Crippen molar-refractivity contribution in [2.75, 3.05) is 0 Å². The van der Waals surface area contributed by atoms with E-state index in [1.54, 1.807) is 12.1 Å². The molecule has 0 aliphatic heterocycles. The van der Waals surface area contributed by atoms with Crippen molar-refractivity contribution >= 4 is 35.8 Å². The molecule has 0 fully saturated rings. The van der Waals surface area contributed by atoms with Crippen molar-refractivity contribution in [3.63, 3.8) is 0 Å². The molecule has 0 amide bonds. The Kier molecular flexibility index (Phi) is 51.9. The summed E-state index contributed by atoms with van der Waals surface area (Å²) in [6.45, 7) is 15.7. The summed E-state index contributed by atoms with van der Waals surface area (Å²) in [6.07, 6.45) is 34.1. The zero-order valence-electron chi connectivity index (χ0n) is 30.9. The number of benzene rings is 1. The second kappa shape index (κ2) is 46.1. The summed E-state index contributed by atoms with van der Waals surface area (Å²) in [7, 11) is 0. The van der Waals surface area contributed by atoms with E-state index in [9.17, 15) is 19.8 Å². The number of carbonyl (C=O) groups excluding carboxylic acids is 2. The summed E-state index contributed by atoms with van der Waals surface area (Å²) in [4.78, 5) is 20.6. The Morgan fingerprint density at radius 2 is 0.870 bits per heavy atom. The molecule has 0 aliphatic carbocycles. The van der Waals surface area contributed by atoms with Crippen LogP contribution in [-0.4, -0.2) is 35.8 Å². The first-order chi connectivity index (χ1) is 21.8. The van der Waals surface area contributed by atoms with Crippen LogP contribution in [0.25, 0.3) is 0 Å². The molecule has 1 aromatic rings. The summed E-state index contributed by atoms with van der Waals surface area (Å²) >= 11 is 0. The molecule has 0 saturated heterocycles. The van der Waals surface area contributed by atoms with Gasteiger partial charge in [0, 0.05) is 5.97 Å². The van der Waals surface area contributed by atoms with Crippen molar-refractivity contribution in [3.05, 3.63) is 49.2 Å². The van der Waals surface area contributed by atoms with Crippen LogP contribution in [-0.2, 0) is 11.2 Å². The summed E-state index contributed by atoms with van der Waals surface area (Å²) in [5, 5.41) is 20.6. The van der Waals surface area contributed by atoms with Crippen molar-refractivity contribution < 1.29 is 19.8 Å². The summed E-state index contributed by atoms with van der Waals surface area (Å²) < 4.78 is 0. The maximum atomic E-state index is 10.4. The largest absolute Gasteiger partial charge is 2.00 e. The Balaban J connectivity index is -0.000000358. The van der Waals surface area contributed by atoms with E-state index in [0.717, 1.165) is 37.7 Å². The topological polar surface area (TPSA) is 80.3 Å². The molecule has 0 unspecified atom stereocenters. The molecule has 46 heavy (non-hydrogen) atoms. The summed E-state index contributed by atoms with van der Waals surface area (Å²) in [5.41, 5.74) is 1.27. The Hall–Kier alpha value is -1.04. The second-order valence-electron chi connectivity index (χ2n) is 12.2. The molecular formula is C41H74O4Sn. The first-order valence-corrected chi connectivity index (χ1v) is 18.9. The first-order valence-electron chi connectivity index (χ1n) is 18.9. The molecule has 0 aromatic heterocycles. The van der Waals surface area contributed by atoms with Crippen molar-refractivity contribution in [1.29, 1.82) is 0 Å². The smallest absolute Gasteiger partial charge is 0.550 e. The van der Waals surface area contributed by atoms with Gasteiger partial charge in [-0.2, -0.15) is 0 Å². The number of aromatic carboxylic acids is 1. The molecule has 5 heteroatoms. The molecule has 1 aromatic carbocycles. The number of carbonyl (C=O) groups is 2. The minimum Gasteiger partial charge on any atom is -0.550 e. The maximum Gasteiger partial charge on any atom is 2.00 e. The number of carboxylic acid groups (broad SMARTS) is 2. The van der Waals surface area contributed by atoms with Gasteiger partial charge in [0.1, 0.15) is 0 Å². The predicted octanol–water partition coefficient (Wildman–Crippen LogP) is 10.8. The summed E-state index contributed by atoms with van der Waals surface area (Å²) in [6, 6.07) is 6.79. The van der Waals surface area contributed by atoms with Gasteiger partial charge in [0.15, 0.2) is 0 Å². The predicted molar refractivity (Wildman–Crippen MR) is 199 cm³/mol. The quantitative estimate of drug-likeness (QED) is 0.0698. The minimum atomic E-state index is -1.11. The number of hydrogen-bond acceptors (Lipinski definition) is 4. The van der Waals surface area contributed by atoms with Crippen LogP contribution < -0.4 is 10.2 Å². The van der Waals surface area contributed by atoms with Crippen molar-refractivity contribution in [2.24, 2.45) is 0 Å². The van der Waals surface area contributed by atoms with E-state index in [-0.39, 0.29) is 35.9 Å². The van der Waals surface area contributed by atoms with E-state index >= 15 is 0 Å². The van der Waals surface area contributed by atoms with Gasteiger partial charge in [0.2, 0.25) is 0 Å². The second-order valence-corrected chi connectivity index (χ2v) is 12.2. The fraction of sp³-hybridized carbons (Fsp3) is 0.756. The van der Waals surface area contributed by atoms with Gasteiger partial charge >= 0.3 is 23.9 Å². The molecule has 4 radical (unpaired) electrons. The minimum absolute atomic E-state index is 0. The Bertz CT molecular complexity index is 714. The molecule has 4 nitrogen and oxygen atoms in total. The molecule has 0 aliphatic rings. The Labute approximate surface area is 304 Å². The Morgan fingerprint density at radius 1 is 0.543 bits per heavy atom. The zero-order valence-corrected chi connectivity index (χ0v) is 33.8. The third-order valence-corrected chi connectivity index (χ3v) is 7.76. The van der Waals surface area contributed by atoms with Gasteiger partial charge in [0.05, 0.1) is 5.97 Å². The standard InChI is InChI=1S/C24H48O2.C9H10O2.2C4H9.Sn/c1-2-3-4-5-6-7-8-9-10-11-12-13-14-15-16-17-18-19-20-21-22-23-24(25)26;1-2-7-4-3-5-8(6-7)9(10)11;2*1-3-4-2;/h2-23H2,1H3,(H,25,26);3-6H,2H2,1H3,(H,10,11);2*1,3-4H2,2H3;/q;;;;+2/p-2. The van der Waals surface area contributed by atoms with Gasteiger partial charge in [0.25, 0.3) is 0 Å². The fourth-order valence-electron chi connectivity index (χ4n) is 4.62. The molecule has 0 saturated carbocycles. The van der Waals surface area contributed by atoms with E-state index in [0.29, 0.717) is 0 Å². The molecule has 0 bridgehead atoms. The van der Waals surface area contributed by atoms with Crippen molar-refractivity contribution in [3.8, 4) is 0 Å². The molecule has 1 rings (SSSR count). The van der Waals surface area contributed by atoms with Crippen molar-refractivity contribution in [2.45, 2.75) is 201 Å². The number of rotatable bonds is 26. The van der Waals surface area contributed by atoms with E-state index in [4.69, 9.17) is 0 Å². The number of carboxylic acids is 2. The number of aryl methyl sites for hydroxylation is 1. The molecular weight excluding hydrogens is 675 g/mol. The number of hydrogen-bond donors (Lipinski definition) is 0. The van der Waals surface area contributed by atoms with E-state index in [1.807, 2.05) is 13.0 Å². The molecule has 0 N–H and O–H groups in total. The number of aliphatic carboxylic acids is 1. The normalized spacial score (nSPS) is 9.87. The van der Waals surface area contributed by atoms with Gasteiger partial charge in [-0.1, -0.05) is 214 Å². The molecule has 0 atom stereocenters. The van der Waals surface area contributed by atoms with Gasteiger partial charge < -0.3 is 19.8 Å². The van der Waals surface area contributed by atoms with Crippen LogP contribution in [0.3, 0.4) is 0 Å². The monoisotopic (exact) mass is 750 g/mol. The van der Waals surface area contributed by atoms with Crippen LogP contribution in [0.4, 0.5) is 0 Å². The van der Waals surface area contributed by atoms with Crippen LogP contribution in [0.5, 0.6) is 0 Å². The van der Waals surface area contributed by atoms with Crippen LogP contribution in [0.2, 0.25) is 0 Å². The first kappa shape index (κ1) is 51.8. The molecule has 266 valence electrons. The molecule has 0 heterocycles. The average Bonchev–Trinajstić information content (AvgIpc) is 3.05. The number of unbranched alkanes of at least 4 members (excludes halogenated alkanes) is 22. The molecule has 0 spiro atoms. The van der Waals surface area contributed by atoms with E-state index in [1.165, 1.54) is 141 Å². The zero-order chi connectivity index (χ0) is 34.2. The van der Waals surface area contributed by atoms with Gasteiger partial charge in [-0.3, -0.25) is 0 Å². The van der Waals surface area contributed by atoms with Crippen LogP contribution >= 0.6 is 0 Å². The SMILES string of the molecule is CCCCCCCCCCCCCCCCCCCCCCCC(=O)[O-].CCc1cccc(C(=O)[O-])c1.[CH2]CCC.[CH2]CCC.[Sn+2]. The van der Waals surface area contributed by atoms with Crippen LogP contribution in [0, 0.1) is 13.8 Å². The fourth-order valence-corrected chi connectivity index (χ4v) is 4.62. The third-order valence-electron chi connectivity index (χ3n) is 7.76. The maximum absolute atomic E-state index is 10.4.